The van der Waals surface area contributed by atoms with E-state index in [0.717, 1.165) is 28.1 Å². The first-order valence-corrected chi connectivity index (χ1v) is 16.2. The Labute approximate surface area is 275 Å². The molecule has 3 heterocycles. The molecular weight excluding hydrogens is 592 g/mol. The van der Waals surface area contributed by atoms with Gasteiger partial charge in [-0.25, -0.2) is 0 Å². The van der Waals surface area contributed by atoms with Crippen LogP contribution in [0.1, 0.15) is 43.9 Å². The fraction of sp³-hybridized carbons (Fsp3) is 0.333. The highest BCUT2D eigenvalue weighted by atomic mass is 16.5. The maximum Gasteiger partial charge on any atom is 0.269 e. The molecule has 1 fully saturated rings. The molecule has 7 rings (SSSR count). The molecule has 0 aromatic heterocycles. The first-order valence-electron chi connectivity index (χ1n) is 16.2. The van der Waals surface area contributed by atoms with Crippen molar-refractivity contribution in [3.05, 3.63) is 114 Å². The minimum Gasteiger partial charge on any atom is -0.497 e. The first-order chi connectivity index (χ1) is 22.7. The lowest BCUT2D eigenvalue weighted by molar-refractivity contribution is -0.146. The van der Waals surface area contributed by atoms with Gasteiger partial charge in [0.05, 0.1) is 31.1 Å². The zero-order valence-corrected chi connectivity index (χ0v) is 27.2. The number of amides is 2. The first kappa shape index (κ1) is 31.0. The van der Waals surface area contributed by atoms with Gasteiger partial charge in [-0.3, -0.25) is 14.5 Å². The number of methoxy groups -OCH3 is 1. The van der Waals surface area contributed by atoms with Gasteiger partial charge in [-0.15, -0.1) is 0 Å². The number of aliphatic hydroxyl groups excluding tert-OH is 1. The Hall–Kier alpha value is -4.66. The molecule has 4 atom stereocenters. The summed E-state index contributed by atoms with van der Waals surface area (Å²) in [5.74, 6) is 0.647. The van der Waals surface area contributed by atoms with Gasteiger partial charge in [0.15, 0.2) is 12.2 Å². The number of rotatable bonds is 8. The third-order valence-electron chi connectivity index (χ3n) is 10.4. The summed E-state index contributed by atoms with van der Waals surface area (Å²) in [5.41, 5.74) is 3.12. The molecule has 2 amide bonds. The Morgan fingerprint density at radius 1 is 0.936 bits per heavy atom. The van der Waals surface area contributed by atoms with Gasteiger partial charge in [-0.2, -0.15) is 0 Å². The number of carbonyl (C=O) groups excluding carboxylic acids is 2. The summed E-state index contributed by atoms with van der Waals surface area (Å²) in [6.45, 7) is 6.69. The molecule has 8 heteroatoms. The molecule has 0 unspecified atom stereocenters. The summed E-state index contributed by atoms with van der Waals surface area (Å²) < 4.78 is 18.2. The van der Waals surface area contributed by atoms with Crippen LogP contribution in [0.3, 0.4) is 0 Å². The zero-order chi connectivity index (χ0) is 32.9. The van der Waals surface area contributed by atoms with E-state index in [9.17, 15) is 9.90 Å². The molecular formula is C39H40N2O6. The minimum atomic E-state index is -1.33. The van der Waals surface area contributed by atoms with Crippen LogP contribution in [0, 0.1) is 11.8 Å². The smallest absolute Gasteiger partial charge is 0.269 e. The number of nitrogens with zero attached hydrogens (tertiary/aromatic N) is 2. The molecule has 4 aromatic rings. The number of ether oxygens (including phenoxy) is 3. The average molecular weight is 633 g/mol. The van der Waals surface area contributed by atoms with Crippen molar-refractivity contribution in [2.24, 2.45) is 11.8 Å². The van der Waals surface area contributed by atoms with Crippen LogP contribution in [0.15, 0.2) is 97.1 Å². The molecule has 4 aromatic carbocycles. The van der Waals surface area contributed by atoms with Crippen LogP contribution in [0.5, 0.6) is 11.5 Å². The van der Waals surface area contributed by atoms with Gasteiger partial charge in [0, 0.05) is 29.7 Å². The number of benzene rings is 4. The third-order valence-corrected chi connectivity index (χ3v) is 10.4. The molecule has 1 spiro atoms. The van der Waals surface area contributed by atoms with E-state index < -0.39 is 17.1 Å². The predicted octanol–water partition coefficient (Wildman–Crippen LogP) is 6.51. The summed E-state index contributed by atoms with van der Waals surface area (Å²) >= 11 is 0. The molecule has 3 aliphatic rings. The maximum atomic E-state index is 15.0. The highest BCUT2D eigenvalue weighted by molar-refractivity contribution is 6.09. The van der Waals surface area contributed by atoms with Gasteiger partial charge in [0.2, 0.25) is 0 Å². The van der Waals surface area contributed by atoms with Crippen LogP contribution < -0.4 is 19.3 Å². The van der Waals surface area contributed by atoms with E-state index in [0.29, 0.717) is 30.1 Å². The van der Waals surface area contributed by atoms with E-state index in [-0.39, 0.29) is 36.9 Å². The second-order valence-corrected chi connectivity index (χ2v) is 13.2. The molecule has 242 valence electrons. The molecule has 0 radical (unpaired) electrons. The van der Waals surface area contributed by atoms with Gasteiger partial charge < -0.3 is 24.2 Å². The van der Waals surface area contributed by atoms with E-state index in [4.69, 9.17) is 14.2 Å². The van der Waals surface area contributed by atoms with Crippen LogP contribution in [0.2, 0.25) is 0 Å². The van der Waals surface area contributed by atoms with Gasteiger partial charge in [-0.05, 0) is 65.4 Å². The fourth-order valence-electron chi connectivity index (χ4n) is 8.15. The van der Waals surface area contributed by atoms with Crippen LogP contribution in [0.4, 0.5) is 17.1 Å². The van der Waals surface area contributed by atoms with Crippen molar-refractivity contribution >= 4 is 28.9 Å². The van der Waals surface area contributed by atoms with Gasteiger partial charge in [-0.1, -0.05) is 75.4 Å². The van der Waals surface area contributed by atoms with Crippen molar-refractivity contribution in [1.82, 2.24) is 0 Å². The van der Waals surface area contributed by atoms with Crippen molar-refractivity contribution in [3.8, 4) is 11.5 Å². The minimum absolute atomic E-state index is 0.0729. The molecule has 3 aliphatic heterocycles. The van der Waals surface area contributed by atoms with E-state index in [1.165, 1.54) is 0 Å². The second kappa shape index (κ2) is 11.9. The molecule has 0 bridgehead atoms. The lowest BCUT2D eigenvalue weighted by atomic mass is 9.63. The SMILES string of the molecule is COc1ccc(C(C)(C)[C@H]2[C@H](CCO)O[C@@]3(C(=O)N(Cc4ccccc4)c4ccc(N5C(=O)COc6ccccc65)cc43)[C@@H]2C)cc1. The standard InChI is InChI=1S/C39H40N2O6/c1-25-36(38(2,3)27-14-17-29(45-4)18-15-27)34(20-21-42)47-39(25)30-22-28(41-32-12-8-9-13-33(32)46-24-35(41)43)16-19-31(30)40(37(39)44)23-26-10-6-5-7-11-26/h5-19,22,25,34,36,42H,20-21,23-24H2,1-4H3/t25-,34+,36-,39+/m1/s1. The molecule has 47 heavy (non-hydrogen) atoms. The zero-order valence-electron chi connectivity index (χ0n) is 27.2. The Kier molecular flexibility index (Phi) is 7.81. The second-order valence-electron chi connectivity index (χ2n) is 13.2. The number of aliphatic hydroxyl groups is 1. The summed E-state index contributed by atoms with van der Waals surface area (Å²) in [5, 5.41) is 10.3. The Morgan fingerprint density at radius 2 is 1.66 bits per heavy atom. The van der Waals surface area contributed by atoms with Crippen LogP contribution in [-0.2, 0) is 31.9 Å². The van der Waals surface area contributed by atoms with Crippen molar-refractivity contribution < 1.29 is 28.9 Å². The number of hydrogen-bond acceptors (Lipinski definition) is 6. The topological polar surface area (TPSA) is 88.5 Å². The monoisotopic (exact) mass is 632 g/mol. The third kappa shape index (κ3) is 4.89. The van der Waals surface area contributed by atoms with Gasteiger partial charge in [0.25, 0.3) is 11.8 Å². The fourth-order valence-corrected chi connectivity index (χ4v) is 8.15. The molecule has 8 nitrogen and oxygen atoms in total. The normalized spacial score (nSPS) is 23.6. The number of hydrogen-bond donors (Lipinski definition) is 1. The van der Waals surface area contributed by atoms with Crippen molar-refractivity contribution in [3.63, 3.8) is 0 Å². The summed E-state index contributed by atoms with van der Waals surface area (Å²) in [6.07, 6.45) is -0.0258. The quantitative estimate of drug-likeness (QED) is 0.239. The van der Waals surface area contributed by atoms with Crippen molar-refractivity contribution in [1.29, 1.82) is 0 Å². The van der Waals surface area contributed by atoms with Gasteiger partial charge >= 0.3 is 0 Å². The van der Waals surface area contributed by atoms with E-state index in [2.05, 4.69) is 32.9 Å². The molecule has 1 N–H and O–H groups in total. The molecule has 0 aliphatic carbocycles. The van der Waals surface area contributed by atoms with Crippen molar-refractivity contribution in [2.45, 2.75) is 50.9 Å². The molecule has 1 saturated heterocycles. The van der Waals surface area contributed by atoms with Gasteiger partial charge in [0.1, 0.15) is 11.5 Å². The Morgan fingerprint density at radius 3 is 2.38 bits per heavy atom. The summed E-state index contributed by atoms with van der Waals surface area (Å²) in [6, 6.07) is 31.2. The van der Waals surface area contributed by atoms with Crippen LogP contribution in [-0.4, -0.2) is 43.3 Å². The van der Waals surface area contributed by atoms with Crippen molar-refractivity contribution in [2.75, 3.05) is 30.1 Å². The van der Waals surface area contributed by atoms with E-state index in [1.54, 1.807) is 12.0 Å². The summed E-state index contributed by atoms with van der Waals surface area (Å²) in [4.78, 5) is 31.9. The van der Waals surface area contributed by atoms with Crippen LogP contribution in [0.25, 0.3) is 0 Å². The Bertz CT molecular complexity index is 1810. The average Bonchev–Trinajstić information content (AvgIpc) is 3.51. The lowest BCUT2D eigenvalue weighted by Crippen LogP contribution is -2.45. The predicted molar refractivity (Wildman–Crippen MR) is 180 cm³/mol. The largest absolute Gasteiger partial charge is 0.497 e. The van der Waals surface area contributed by atoms with Crippen LogP contribution >= 0.6 is 0 Å². The van der Waals surface area contributed by atoms with E-state index in [1.807, 2.05) is 89.8 Å². The Balaban J connectivity index is 1.38. The highest BCUT2D eigenvalue weighted by Gasteiger charge is 2.66. The van der Waals surface area contributed by atoms with E-state index >= 15 is 4.79 Å². The number of fused-ring (bicyclic) bond motifs is 3. The maximum absolute atomic E-state index is 15.0. The number of para-hydroxylation sites is 2. The molecule has 0 saturated carbocycles. The summed E-state index contributed by atoms with van der Waals surface area (Å²) in [7, 11) is 1.65. The number of anilines is 3. The highest BCUT2D eigenvalue weighted by Crippen LogP contribution is 2.60. The number of carbonyl (C=O) groups is 2. The lowest BCUT2D eigenvalue weighted by Gasteiger charge is -2.38.